The number of allylic oxidation sites excluding steroid dienone is 8. The molecule has 0 aromatic heterocycles. The molecule has 0 amide bonds. The van der Waals surface area contributed by atoms with Crippen LogP contribution in [-0.4, -0.2) is 0 Å². The van der Waals surface area contributed by atoms with Crippen LogP contribution in [0.3, 0.4) is 0 Å². The average Bonchev–Trinajstić information content (AvgIpc) is 2.88. The largest absolute Gasteiger partial charge is 4.00 e. The van der Waals surface area contributed by atoms with Gasteiger partial charge in [-0.1, -0.05) is 39.5 Å². The fourth-order valence-electron chi connectivity index (χ4n) is 1.52. The number of halogens is 2. The zero-order valence-corrected chi connectivity index (χ0v) is 16.2. The van der Waals surface area contributed by atoms with Crippen LogP contribution >= 0.6 is 0 Å². The van der Waals surface area contributed by atoms with Gasteiger partial charge in [-0.05, 0) is 0 Å². The molecular formula is C15H20Cl2Hf. The Morgan fingerprint density at radius 1 is 1.28 bits per heavy atom. The van der Waals surface area contributed by atoms with E-state index >= 15 is 0 Å². The van der Waals surface area contributed by atoms with Crippen LogP contribution in [0.25, 0.3) is 0 Å². The summed E-state index contributed by atoms with van der Waals surface area (Å²) in [4.78, 5) is 0. The van der Waals surface area contributed by atoms with E-state index in [0.29, 0.717) is 0 Å². The van der Waals surface area contributed by atoms with Gasteiger partial charge in [-0.3, -0.25) is 6.08 Å². The zero-order valence-electron chi connectivity index (χ0n) is 11.1. The van der Waals surface area contributed by atoms with Crippen molar-refractivity contribution in [3.63, 3.8) is 0 Å². The smallest absolute Gasteiger partial charge is 1.00 e. The Morgan fingerprint density at radius 2 is 2.00 bits per heavy atom. The molecule has 0 nitrogen and oxygen atoms in total. The van der Waals surface area contributed by atoms with Crippen molar-refractivity contribution in [3.05, 3.63) is 47.6 Å². The zero-order chi connectivity index (χ0) is 10.9. The van der Waals surface area contributed by atoms with E-state index in [2.05, 4.69) is 38.2 Å². The fraction of sp³-hybridized carbons (Fsp3) is 0.467. The third-order valence-corrected chi connectivity index (χ3v) is 2.41. The van der Waals surface area contributed by atoms with Crippen molar-refractivity contribution in [1.82, 2.24) is 0 Å². The number of hydrogen-bond donors (Lipinski definition) is 0. The van der Waals surface area contributed by atoms with Crippen molar-refractivity contribution in [2.45, 2.75) is 46.0 Å². The molecule has 2 aliphatic carbocycles. The van der Waals surface area contributed by atoms with Crippen molar-refractivity contribution in [1.29, 1.82) is 0 Å². The average molecular weight is 450 g/mol. The summed E-state index contributed by atoms with van der Waals surface area (Å²) < 4.78 is 0. The van der Waals surface area contributed by atoms with Crippen LogP contribution in [0.15, 0.2) is 35.5 Å². The van der Waals surface area contributed by atoms with Crippen molar-refractivity contribution < 1.29 is 50.7 Å². The van der Waals surface area contributed by atoms with Crippen LogP contribution in [0.2, 0.25) is 0 Å². The summed E-state index contributed by atoms with van der Waals surface area (Å²) in [6.07, 6.45) is 20.6. The minimum Gasteiger partial charge on any atom is -1.00 e. The second-order valence-corrected chi connectivity index (χ2v) is 3.95. The summed E-state index contributed by atoms with van der Waals surface area (Å²) in [6.45, 7) is 4.38. The van der Waals surface area contributed by atoms with Crippen LogP contribution in [0.5, 0.6) is 0 Å². The normalized spacial score (nSPS) is 14.3. The molecule has 0 bridgehead atoms. The SMILES string of the molecule is CCCCC1=CCC(C)=[C-]1.[C-]1=CC=CC1.[Cl-].[Cl-].[Hf+4]. The quantitative estimate of drug-likeness (QED) is 0.366. The van der Waals surface area contributed by atoms with Crippen LogP contribution in [-0.2, 0) is 25.8 Å². The van der Waals surface area contributed by atoms with Gasteiger partial charge in [0.1, 0.15) is 0 Å². The second-order valence-electron chi connectivity index (χ2n) is 3.95. The van der Waals surface area contributed by atoms with Crippen molar-refractivity contribution in [2.75, 3.05) is 0 Å². The Balaban J connectivity index is -0.000000245. The van der Waals surface area contributed by atoms with Gasteiger partial charge in [-0.2, -0.15) is 11.6 Å². The Morgan fingerprint density at radius 3 is 2.33 bits per heavy atom. The van der Waals surface area contributed by atoms with Crippen LogP contribution < -0.4 is 24.8 Å². The molecule has 0 fully saturated rings. The predicted octanol–water partition coefficient (Wildman–Crippen LogP) is -1.43. The summed E-state index contributed by atoms with van der Waals surface area (Å²) in [5, 5.41) is 0. The van der Waals surface area contributed by atoms with Crippen molar-refractivity contribution in [3.8, 4) is 0 Å². The maximum absolute atomic E-state index is 3.37. The molecule has 0 unspecified atom stereocenters. The van der Waals surface area contributed by atoms with Gasteiger partial charge in [-0.25, -0.2) is 29.9 Å². The summed E-state index contributed by atoms with van der Waals surface area (Å²) in [5.41, 5.74) is 2.82. The standard InChI is InChI=1S/C10H15.C5H5.2ClH.Hf/c1-3-4-5-10-7-6-9(2)8-10;1-2-4-5-3-1;;;/h7H,3-6H2,1-2H3;1-3H,4H2;2*1H;/q2*-1;;;+4/p-2. The van der Waals surface area contributed by atoms with Gasteiger partial charge in [0, 0.05) is 0 Å². The Kier molecular flexibility index (Phi) is 20.2. The van der Waals surface area contributed by atoms with E-state index in [1.807, 2.05) is 12.2 Å². The molecule has 0 aromatic carbocycles. The first-order valence-electron chi connectivity index (χ1n) is 5.83. The second kappa shape index (κ2) is 15.5. The molecule has 0 atom stereocenters. The predicted molar refractivity (Wildman–Crippen MR) is 66.2 cm³/mol. The maximum Gasteiger partial charge on any atom is 4.00 e. The van der Waals surface area contributed by atoms with E-state index in [9.17, 15) is 0 Å². The molecule has 0 spiro atoms. The summed E-state index contributed by atoms with van der Waals surface area (Å²) >= 11 is 0. The fourth-order valence-corrected chi connectivity index (χ4v) is 1.52. The van der Waals surface area contributed by atoms with Crippen LogP contribution in [0, 0.1) is 12.2 Å². The summed E-state index contributed by atoms with van der Waals surface area (Å²) in [7, 11) is 0. The third kappa shape index (κ3) is 11.5. The van der Waals surface area contributed by atoms with Crippen molar-refractivity contribution in [2.24, 2.45) is 0 Å². The van der Waals surface area contributed by atoms with E-state index < -0.39 is 0 Å². The van der Waals surface area contributed by atoms with E-state index in [1.165, 1.54) is 30.4 Å². The number of rotatable bonds is 3. The van der Waals surface area contributed by atoms with Gasteiger partial charge in [0.15, 0.2) is 0 Å². The molecule has 2 aliphatic rings. The Bertz CT molecular complexity index is 292. The van der Waals surface area contributed by atoms with Gasteiger partial charge in [0.2, 0.25) is 0 Å². The van der Waals surface area contributed by atoms with E-state index in [4.69, 9.17) is 0 Å². The monoisotopic (exact) mass is 450 g/mol. The number of hydrogen-bond acceptors (Lipinski definition) is 0. The molecule has 3 heteroatoms. The van der Waals surface area contributed by atoms with E-state index in [-0.39, 0.29) is 50.7 Å². The minimum absolute atomic E-state index is 0. The summed E-state index contributed by atoms with van der Waals surface area (Å²) in [6, 6.07) is 0. The van der Waals surface area contributed by atoms with Crippen LogP contribution in [0.1, 0.15) is 46.0 Å². The van der Waals surface area contributed by atoms with Crippen molar-refractivity contribution >= 4 is 0 Å². The molecule has 98 valence electrons. The molecule has 0 saturated carbocycles. The first-order chi connectivity index (χ1) is 7.33. The molecule has 2 rings (SSSR count). The Labute approximate surface area is 143 Å². The van der Waals surface area contributed by atoms with Gasteiger partial charge in [0.25, 0.3) is 0 Å². The Hall–Kier alpha value is 0.410. The number of unbranched alkanes of at least 4 members (excludes halogenated alkanes) is 1. The molecule has 0 N–H and O–H groups in total. The molecule has 0 radical (unpaired) electrons. The topological polar surface area (TPSA) is 0 Å². The van der Waals surface area contributed by atoms with Gasteiger partial charge in [0.05, 0.1) is 0 Å². The summed E-state index contributed by atoms with van der Waals surface area (Å²) in [5.74, 6) is 0. The first kappa shape index (κ1) is 23.5. The molecule has 0 saturated heterocycles. The van der Waals surface area contributed by atoms with Gasteiger partial charge in [-0.15, -0.1) is 6.42 Å². The van der Waals surface area contributed by atoms with Gasteiger partial charge < -0.3 is 24.8 Å². The molecule has 18 heavy (non-hydrogen) atoms. The van der Waals surface area contributed by atoms with Gasteiger partial charge >= 0.3 is 25.8 Å². The van der Waals surface area contributed by atoms with E-state index in [1.54, 1.807) is 0 Å². The first-order valence-corrected chi connectivity index (χ1v) is 5.83. The minimum atomic E-state index is 0. The van der Waals surface area contributed by atoms with Crippen LogP contribution in [0.4, 0.5) is 0 Å². The molecule has 0 aromatic rings. The maximum atomic E-state index is 3.37. The third-order valence-electron chi connectivity index (χ3n) is 2.41. The molecule has 0 aliphatic heterocycles. The molecule has 0 heterocycles. The van der Waals surface area contributed by atoms with E-state index in [0.717, 1.165) is 12.8 Å². The molecular weight excluding hydrogens is 430 g/mol.